The van der Waals surface area contributed by atoms with Crippen LogP contribution >= 0.6 is 0 Å². The monoisotopic (exact) mass is 424 g/mol. The van der Waals surface area contributed by atoms with Gasteiger partial charge >= 0.3 is 5.97 Å². The molecule has 7 heteroatoms. The molecule has 2 unspecified atom stereocenters. The molecule has 2 aliphatic heterocycles. The molecule has 0 amide bonds. The Morgan fingerprint density at radius 3 is 2.35 bits per heavy atom. The number of ether oxygens (including phenoxy) is 5. The van der Waals surface area contributed by atoms with E-state index in [0.717, 1.165) is 5.56 Å². The van der Waals surface area contributed by atoms with Crippen LogP contribution in [-0.2, 0) is 29.5 Å². The van der Waals surface area contributed by atoms with Crippen molar-refractivity contribution in [3.8, 4) is 5.75 Å². The molecule has 162 valence electrons. The van der Waals surface area contributed by atoms with E-state index in [-0.39, 0.29) is 29.8 Å². The van der Waals surface area contributed by atoms with Crippen LogP contribution in [0.25, 0.3) is 0 Å². The minimum Gasteiger partial charge on any atom is -0.497 e. The zero-order chi connectivity index (χ0) is 22.0. The highest BCUT2D eigenvalue weighted by Crippen LogP contribution is 2.49. The Hall–Kier alpha value is -3.29. The van der Waals surface area contributed by atoms with Gasteiger partial charge in [-0.2, -0.15) is 0 Å². The summed E-state index contributed by atoms with van der Waals surface area (Å²) in [4.78, 5) is 13.0. The Balaban J connectivity index is 1.93. The van der Waals surface area contributed by atoms with Crippen LogP contribution in [0.5, 0.6) is 5.75 Å². The third kappa shape index (κ3) is 3.89. The molecule has 0 spiro atoms. The first-order chi connectivity index (χ1) is 14.9. The molecule has 0 fully saturated rings. The smallest absolute Gasteiger partial charge is 0.345 e. The van der Waals surface area contributed by atoms with E-state index >= 15 is 0 Å². The van der Waals surface area contributed by atoms with Crippen molar-refractivity contribution < 1.29 is 33.6 Å². The number of carbonyl (C=O) groups is 1. The third-order valence-corrected chi connectivity index (χ3v) is 5.05. The number of carbonyl (C=O) groups excluding carboxylic acids is 1. The average Bonchev–Trinajstić information content (AvgIpc) is 3.39. The van der Waals surface area contributed by atoms with E-state index in [4.69, 9.17) is 23.7 Å². The van der Waals surface area contributed by atoms with Crippen LogP contribution < -0.4 is 4.74 Å². The third-order valence-electron chi connectivity index (χ3n) is 5.05. The quantitative estimate of drug-likeness (QED) is 0.679. The molecule has 2 atom stereocenters. The zero-order valence-corrected chi connectivity index (χ0v) is 17.5. The molecule has 0 radical (unpaired) electrons. The van der Waals surface area contributed by atoms with E-state index in [1.165, 1.54) is 6.26 Å². The molecule has 0 bridgehead atoms. The summed E-state index contributed by atoms with van der Waals surface area (Å²) in [5, 5.41) is 11.8. The molecule has 2 heterocycles. The molecule has 0 aliphatic carbocycles. The SMILES string of the molecule is COc1ccc(C2(O)OC(=O)C(C3=COCO3)=C2C(OC(C)C)c2ccccc2)cc1. The second kappa shape index (κ2) is 8.45. The van der Waals surface area contributed by atoms with Crippen molar-refractivity contribution in [3.63, 3.8) is 0 Å². The van der Waals surface area contributed by atoms with Crippen LogP contribution in [0.4, 0.5) is 0 Å². The minimum absolute atomic E-state index is 0.0264. The van der Waals surface area contributed by atoms with Gasteiger partial charge in [0.1, 0.15) is 23.7 Å². The van der Waals surface area contributed by atoms with Gasteiger partial charge in [0.15, 0.2) is 5.76 Å². The van der Waals surface area contributed by atoms with Crippen molar-refractivity contribution in [1.82, 2.24) is 0 Å². The molecule has 1 N–H and O–H groups in total. The minimum atomic E-state index is -2.07. The molecular weight excluding hydrogens is 400 g/mol. The Kier molecular flexibility index (Phi) is 5.71. The van der Waals surface area contributed by atoms with Gasteiger partial charge in [0.2, 0.25) is 6.79 Å². The average molecular weight is 424 g/mol. The summed E-state index contributed by atoms with van der Waals surface area (Å²) in [7, 11) is 1.55. The second-order valence-electron chi connectivity index (χ2n) is 7.44. The second-order valence-corrected chi connectivity index (χ2v) is 7.44. The summed E-state index contributed by atoms with van der Waals surface area (Å²) in [5.74, 6) is -1.99. The Morgan fingerprint density at radius 2 is 1.77 bits per heavy atom. The van der Waals surface area contributed by atoms with Crippen molar-refractivity contribution in [2.75, 3.05) is 13.9 Å². The standard InChI is InChI=1S/C24H24O7/c1-15(2)30-22(16-7-5-4-6-8-16)21-20(19-13-28-14-29-19)23(25)31-24(21,26)17-9-11-18(27-3)12-10-17/h4-13,15,22,26H,14H2,1-3H3. The Morgan fingerprint density at radius 1 is 1.06 bits per heavy atom. The summed E-state index contributed by atoms with van der Waals surface area (Å²) in [6.07, 6.45) is 0.359. The van der Waals surface area contributed by atoms with Gasteiger partial charge in [-0.15, -0.1) is 0 Å². The molecular formula is C24H24O7. The normalized spacial score (nSPS) is 21.5. The van der Waals surface area contributed by atoms with Crippen LogP contribution in [0.2, 0.25) is 0 Å². The van der Waals surface area contributed by atoms with Crippen molar-refractivity contribution in [1.29, 1.82) is 0 Å². The number of hydrogen-bond acceptors (Lipinski definition) is 7. The molecule has 2 aromatic carbocycles. The van der Waals surface area contributed by atoms with E-state index in [2.05, 4.69) is 0 Å². The van der Waals surface area contributed by atoms with E-state index in [1.54, 1.807) is 31.4 Å². The van der Waals surface area contributed by atoms with Gasteiger partial charge in [0.25, 0.3) is 5.79 Å². The van der Waals surface area contributed by atoms with Gasteiger partial charge in [0, 0.05) is 5.56 Å². The summed E-state index contributed by atoms with van der Waals surface area (Å²) in [6.45, 7) is 3.74. The lowest BCUT2D eigenvalue weighted by atomic mass is 9.87. The molecule has 31 heavy (non-hydrogen) atoms. The molecule has 4 rings (SSSR count). The van der Waals surface area contributed by atoms with E-state index in [0.29, 0.717) is 11.3 Å². The lowest BCUT2D eigenvalue weighted by Crippen LogP contribution is -2.33. The molecule has 0 aromatic heterocycles. The lowest BCUT2D eigenvalue weighted by molar-refractivity contribution is -0.190. The highest BCUT2D eigenvalue weighted by molar-refractivity contribution is 5.97. The first kappa shape index (κ1) is 21.0. The molecule has 7 nitrogen and oxygen atoms in total. The van der Waals surface area contributed by atoms with Crippen molar-refractivity contribution >= 4 is 5.97 Å². The molecule has 0 saturated heterocycles. The number of cyclic esters (lactones) is 1. The van der Waals surface area contributed by atoms with E-state index in [9.17, 15) is 9.90 Å². The lowest BCUT2D eigenvalue weighted by Gasteiger charge is -2.31. The first-order valence-corrected chi connectivity index (χ1v) is 9.94. The van der Waals surface area contributed by atoms with Crippen LogP contribution in [0.3, 0.4) is 0 Å². The highest BCUT2D eigenvalue weighted by atomic mass is 16.7. The van der Waals surface area contributed by atoms with Crippen LogP contribution in [0, 0.1) is 0 Å². The molecule has 2 aromatic rings. The summed E-state index contributed by atoms with van der Waals surface area (Å²) in [5.41, 5.74) is 1.44. The summed E-state index contributed by atoms with van der Waals surface area (Å²) in [6, 6.07) is 16.0. The number of hydrogen-bond donors (Lipinski definition) is 1. The predicted octanol–water partition coefficient (Wildman–Crippen LogP) is 3.71. The number of esters is 1. The number of aliphatic hydroxyl groups is 1. The van der Waals surface area contributed by atoms with Gasteiger partial charge in [-0.3, -0.25) is 0 Å². The van der Waals surface area contributed by atoms with Crippen molar-refractivity contribution in [3.05, 3.63) is 88.9 Å². The van der Waals surface area contributed by atoms with Crippen LogP contribution in [0.15, 0.2) is 77.8 Å². The number of methoxy groups -OCH3 is 1. The van der Waals surface area contributed by atoms with Gasteiger partial charge in [-0.1, -0.05) is 30.3 Å². The fraction of sp³-hybridized carbons (Fsp3) is 0.292. The zero-order valence-electron chi connectivity index (χ0n) is 17.5. The molecule has 2 aliphatic rings. The van der Waals surface area contributed by atoms with Crippen LogP contribution in [0.1, 0.15) is 31.1 Å². The van der Waals surface area contributed by atoms with Gasteiger partial charge in [0.05, 0.1) is 18.8 Å². The Labute approximate surface area is 180 Å². The van der Waals surface area contributed by atoms with Gasteiger partial charge in [-0.25, -0.2) is 4.79 Å². The summed E-state index contributed by atoms with van der Waals surface area (Å²) < 4.78 is 27.7. The molecule has 0 saturated carbocycles. The summed E-state index contributed by atoms with van der Waals surface area (Å²) >= 11 is 0. The van der Waals surface area contributed by atoms with Crippen molar-refractivity contribution in [2.24, 2.45) is 0 Å². The highest BCUT2D eigenvalue weighted by Gasteiger charge is 2.53. The number of benzene rings is 2. The maximum atomic E-state index is 13.0. The predicted molar refractivity (Wildman–Crippen MR) is 111 cm³/mol. The largest absolute Gasteiger partial charge is 0.497 e. The van der Waals surface area contributed by atoms with E-state index < -0.39 is 17.9 Å². The maximum absolute atomic E-state index is 13.0. The van der Waals surface area contributed by atoms with E-state index in [1.807, 2.05) is 44.2 Å². The fourth-order valence-electron chi connectivity index (χ4n) is 3.68. The number of rotatable bonds is 7. The van der Waals surface area contributed by atoms with Gasteiger partial charge < -0.3 is 28.8 Å². The van der Waals surface area contributed by atoms with Crippen LogP contribution in [-0.4, -0.2) is 31.1 Å². The topological polar surface area (TPSA) is 83.5 Å². The maximum Gasteiger partial charge on any atom is 0.345 e. The van der Waals surface area contributed by atoms with Crippen molar-refractivity contribution in [2.45, 2.75) is 31.8 Å². The van der Waals surface area contributed by atoms with Gasteiger partial charge in [-0.05, 0) is 43.7 Å². The first-order valence-electron chi connectivity index (χ1n) is 9.94. The Bertz CT molecular complexity index is 1010. The fourth-order valence-corrected chi connectivity index (χ4v) is 3.68.